The van der Waals surface area contributed by atoms with Gasteiger partial charge in [0, 0.05) is 62.2 Å². The average molecular weight is 461 g/mol. The van der Waals surface area contributed by atoms with Crippen molar-refractivity contribution in [2.75, 3.05) is 30.4 Å². The lowest BCUT2D eigenvalue weighted by Gasteiger charge is -2.35. The van der Waals surface area contributed by atoms with Crippen LogP contribution >= 0.6 is 11.6 Å². The van der Waals surface area contributed by atoms with Crippen LogP contribution in [0.4, 0.5) is 11.5 Å². The summed E-state index contributed by atoms with van der Waals surface area (Å²) in [7, 11) is 1.63. The maximum Gasteiger partial charge on any atom is 0.164 e. The fourth-order valence-corrected chi connectivity index (χ4v) is 4.78. The molecule has 0 saturated carbocycles. The molecular formula is C25H25ClN6O. The van der Waals surface area contributed by atoms with Gasteiger partial charge in [-0.05, 0) is 42.7 Å². The molecule has 2 atom stereocenters. The summed E-state index contributed by atoms with van der Waals surface area (Å²) in [4.78, 5) is 14.6. The van der Waals surface area contributed by atoms with Crippen molar-refractivity contribution in [3.05, 3.63) is 66.1 Å². The number of pyridine rings is 2. The minimum absolute atomic E-state index is 0.235. The Bertz CT molecular complexity index is 1260. The number of piperidine rings is 1. The van der Waals surface area contributed by atoms with Crippen LogP contribution in [0.3, 0.4) is 0 Å². The van der Waals surface area contributed by atoms with E-state index in [2.05, 4.69) is 43.4 Å². The van der Waals surface area contributed by atoms with E-state index in [-0.39, 0.29) is 6.04 Å². The maximum absolute atomic E-state index is 9.05. The van der Waals surface area contributed by atoms with Crippen LogP contribution in [0.1, 0.15) is 30.4 Å². The first-order valence-corrected chi connectivity index (χ1v) is 11.4. The highest BCUT2D eigenvalue weighted by Gasteiger charge is 2.30. The molecule has 0 amide bonds. The number of allylic oxidation sites excluding steroid dienone is 2. The highest BCUT2D eigenvalue weighted by atomic mass is 35.5. The van der Waals surface area contributed by atoms with Crippen LogP contribution in [0.15, 0.2) is 55.0 Å². The largest absolute Gasteiger partial charge is 0.379 e. The summed E-state index contributed by atoms with van der Waals surface area (Å²) in [5.41, 5.74) is 4.58. The molecule has 0 spiro atoms. The van der Waals surface area contributed by atoms with E-state index in [9.17, 15) is 0 Å². The summed E-state index contributed by atoms with van der Waals surface area (Å²) in [6, 6.07) is 8.16. The fourth-order valence-electron chi connectivity index (χ4n) is 4.56. The minimum atomic E-state index is -0.850. The van der Waals surface area contributed by atoms with Crippen LogP contribution in [0, 0.1) is 11.3 Å². The molecule has 1 fully saturated rings. The van der Waals surface area contributed by atoms with Crippen LogP contribution in [0.25, 0.3) is 16.6 Å². The van der Waals surface area contributed by atoms with Crippen molar-refractivity contribution < 1.29 is 4.74 Å². The Kier molecular flexibility index (Phi) is 5.79. The number of anilines is 2. The Labute approximate surface area is 197 Å². The molecule has 33 heavy (non-hydrogen) atoms. The predicted octanol–water partition coefficient (Wildman–Crippen LogP) is 4.84. The molecule has 2 aliphatic rings. The van der Waals surface area contributed by atoms with Gasteiger partial charge in [-0.15, -0.1) is 0 Å². The number of nitrogens with one attached hydrogen (secondary N) is 2. The first-order valence-electron chi connectivity index (χ1n) is 11.0. The Morgan fingerprint density at radius 1 is 1.30 bits per heavy atom. The number of nitriles is 1. The molecular weight excluding hydrogens is 436 g/mol. The number of aromatic nitrogens is 3. The van der Waals surface area contributed by atoms with Crippen molar-refractivity contribution in [1.29, 1.82) is 5.26 Å². The first kappa shape index (κ1) is 21.5. The molecule has 1 saturated heterocycles. The van der Waals surface area contributed by atoms with Gasteiger partial charge in [-0.25, -0.2) is 9.97 Å². The van der Waals surface area contributed by atoms with Crippen LogP contribution in [0.2, 0.25) is 0 Å². The number of hydrogen-bond acceptors (Lipinski definition) is 6. The summed E-state index contributed by atoms with van der Waals surface area (Å²) in [5.74, 6) is 0.898. The van der Waals surface area contributed by atoms with Gasteiger partial charge < -0.3 is 19.9 Å². The van der Waals surface area contributed by atoms with Gasteiger partial charge in [0.15, 0.2) is 5.06 Å². The monoisotopic (exact) mass is 460 g/mol. The number of fused-ring (bicyclic) bond motifs is 1. The van der Waals surface area contributed by atoms with E-state index >= 15 is 0 Å². The number of rotatable bonds is 5. The van der Waals surface area contributed by atoms with Crippen molar-refractivity contribution in [2.24, 2.45) is 0 Å². The van der Waals surface area contributed by atoms with Gasteiger partial charge in [0.25, 0.3) is 0 Å². The summed E-state index contributed by atoms with van der Waals surface area (Å²) < 4.78 is 5.53. The van der Waals surface area contributed by atoms with Gasteiger partial charge in [-0.1, -0.05) is 23.8 Å². The van der Waals surface area contributed by atoms with Gasteiger partial charge >= 0.3 is 0 Å². The Morgan fingerprint density at radius 2 is 2.21 bits per heavy atom. The zero-order valence-corrected chi connectivity index (χ0v) is 19.1. The van der Waals surface area contributed by atoms with Crippen LogP contribution in [-0.4, -0.2) is 46.3 Å². The lowest BCUT2D eigenvalue weighted by molar-refractivity contribution is 0.108. The van der Waals surface area contributed by atoms with Crippen molar-refractivity contribution in [3.63, 3.8) is 0 Å². The van der Waals surface area contributed by atoms with E-state index in [0.29, 0.717) is 12.0 Å². The van der Waals surface area contributed by atoms with E-state index in [1.54, 1.807) is 13.3 Å². The molecule has 0 radical (unpaired) electrons. The number of nitrogens with zero attached hydrogens (tertiary/aromatic N) is 4. The molecule has 1 aliphatic carbocycles. The number of alkyl halides is 1. The van der Waals surface area contributed by atoms with Gasteiger partial charge in [0.2, 0.25) is 0 Å². The molecule has 2 unspecified atom stereocenters. The highest BCUT2D eigenvalue weighted by Crippen LogP contribution is 2.40. The lowest BCUT2D eigenvalue weighted by atomic mass is 9.93. The standard InChI is InChI=1S/C25H25ClN6O/c1-33-25(26)9-2-4-18(12-25)21-15-30-24-20(8-10-28-24)23(21)31-19-5-3-11-32(16-19)22-7-6-17(13-27)14-29-22/h2,4,6-10,14-15,19H,3,5,11-12,16H2,1H3,(H2,28,30,31). The second-order valence-corrected chi connectivity index (χ2v) is 9.09. The maximum atomic E-state index is 9.05. The van der Waals surface area contributed by atoms with Crippen molar-refractivity contribution in [2.45, 2.75) is 30.4 Å². The quantitative estimate of drug-likeness (QED) is 0.530. The first-order chi connectivity index (χ1) is 16.1. The van der Waals surface area contributed by atoms with E-state index in [0.717, 1.165) is 59.6 Å². The third-order valence-corrected chi connectivity index (χ3v) is 6.73. The van der Waals surface area contributed by atoms with Crippen molar-refractivity contribution in [3.8, 4) is 6.07 Å². The fraction of sp³-hybridized carbons (Fsp3) is 0.320. The third-order valence-electron chi connectivity index (χ3n) is 6.32. The molecule has 4 heterocycles. The molecule has 2 N–H and O–H groups in total. The molecule has 5 rings (SSSR count). The van der Waals surface area contributed by atoms with Gasteiger partial charge in [0.1, 0.15) is 17.5 Å². The summed E-state index contributed by atoms with van der Waals surface area (Å²) in [6.07, 6.45) is 14.0. The summed E-state index contributed by atoms with van der Waals surface area (Å²) in [6.45, 7) is 1.77. The second-order valence-electron chi connectivity index (χ2n) is 8.45. The number of methoxy groups -OCH3 is 1. The van der Waals surface area contributed by atoms with Crippen LogP contribution in [-0.2, 0) is 4.74 Å². The normalized spacial score (nSPS) is 22.8. The predicted molar refractivity (Wildman–Crippen MR) is 131 cm³/mol. The molecule has 168 valence electrons. The highest BCUT2D eigenvalue weighted by molar-refractivity contribution is 6.25. The van der Waals surface area contributed by atoms with Gasteiger partial charge in [0.05, 0.1) is 11.3 Å². The number of halogens is 1. The summed E-state index contributed by atoms with van der Waals surface area (Å²) >= 11 is 6.62. The smallest absolute Gasteiger partial charge is 0.164 e. The number of ether oxygens (including phenoxy) is 1. The van der Waals surface area contributed by atoms with Crippen molar-refractivity contribution in [1.82, 2.24) is 15.0 Å². The van der Waals surface area contributed by atoms with E-state index < -0.39 is 5.06 Å². The van der Waals surface area contributed by atoms with E-state index in [4.69, 9.17) is 21.6 Å². The molecule has 0 bridgehead atoms. The Balaban J connectivity index is 1.44. The molecule has 3 aromatic heterocycles. The zero-order chi connectivity index (χ0) is 22.8. The lowest BCUT2D eigenvalue weighted by Crippen LogP contribution is -2.42. The van der Waals surface area contributed by atoms with Crippen molar-refractivity contribution >= 4 is 39.7 Å². The average Bonchev–Trinajstić information content (AvgIpc) is 3.34. The van der Waals surface area contributed by atoms with Crippen LogP contribution < -0.4 is 10.2 Å². The molecule has 8 heteroatoms. The SMILES string of the molecule is COC1(Cl)C=CC=C(c2cnc3[nH]ccc3c2NC2CCCN(c3ccc(C#N)cn3)C2)C1. The number of aromatic amines is 1. The Morgan fingerprint density at radius 3 is 3.00 bits per heavy atom. The Hall–Kier alpha value is -3.34. The molecule has 0 aromatic carbocycles. The topological polar surface area (TPSA) is 89.9 Å². The summed E-state index contributed by atoms with van der Waals surface area (Å²) in [5, 5.41) is 13.1. The van der Waals surface area contributed by atoms with Gasteiger partial charge in [-0.2, -0.15) is 5.26 Å². The van der Waals surface area contributed by atoms with Crippen LogP contribution in [0.5, 0.6) is 0 Å². The van der Waals surface area contributed by atoms with E-state index in [1.807, 2.05) is 36.7 Å². The third kappa shape index (κ3) is 4.32. The molecule has 3 aromatic rings. The second kappa shape index (κ2) is 8.89. The minimum Gasteiger partial charge on any atom is -0.379 e. The number of H-pyrrole nitrogens is 1. The zero-order valence-electron chi connectivity index (χ0n) is 18.4. The molecule has 7 nitrogen and oxygen atoms in total. The van der Waals surface area contributed by atoms with E-state index in [1.165, 1.54) is 0 Å². The number of hydrogen-bond donors (Lipinski definition) is 2. The molecule has 1 aliphatic heterocycles. The van der Waals surface area contributed by atoms with Gasteiger partial charge in [-0.3, -0.25) is 0 Å².